The Morgan fingerprint density at radius 2 is 2.25 bits per heavy atom. The normalized spacial score (nSPS) is 16.4. The summed E-state index contributed by atoms with van der Waals surface area (Å²) < 4.78 is 0. The van der Waals surface area contributed by atoms with Crippen LogP contribution in [0.25, 0.3) is 0 Å². The van der Waals surface area contributed by atoms with Crippen LogP contribution in [0.4, 0.5) is 5.82 Å². The summed E-state index contributed by atoms with van der Waals surface area (Å²) in [6.07, 6.45) is 5.05. The highest BCUT2D eigenvalue weighted by Crippen LogP contribution is 2.41. The molecule has 2 rings (SSSR count). The van der Waals surface area contributed by atoms with Crippen LogP contribution in [0.1, 0.15) is 36.9 Å². The second kappa shape index (κ2) is 2.73. The number of anilines is 1. The zero-order valence-electron chi connectivity index (χ0n) is 7.25. The highest BCUT2D eigenvalue weighted by atomic mass is 14.9. The van der Waals surface area contributed by atoms with Gasteiger partial charge >= 0.3 is 0 Å². The van der Waals surface area contributed by atoms with Gasteiger partial charge in [0.25, 0.3) is 0 Å². The molecular weight excluding hydrogens is 150 g/mol. The van der Waals surface area contributed by atoms with Gasteiger partial charge in [-0.1, -0.05) is 6.92 Å². The molecule has 1 aromatic rings. The third kappa shape index (κ3) is 1.15. The Hall–Kier alpha value is -1.12. The van der Waals surface area contributed by atoms with Gasteiger partial charge < -0.3 is 5.73 Å². The minimum absolute atomic E-state index is 0.661. The molecule has 2 N–H and O–H groups in total. The topological polar surface area (TPSA) is 51.8 Å². The number of nitrogen functional groups attached to an aromatic ring is 1. The Morgan fingerprint density at radius 1 is 1.50 bits per heavy atom. The van der Waals surface area contributed by atoms with Crippen molar-refractivity contribution < 1.29 is 0 Å². The molecule has 0 unspecified atom stereocenters. The van der Waals surface area contributed by atoms with Crippen LogP contribution < -0.4 is 5.73 Å². The van der Waals surface area contributed by atoms with E-state index in [0.29, 0.717) is 11.7 Å². The van der Waals surface area contributed by atoms with Crippen LogP contribution in [0.5, 0.6) is 0 Å². The Balaban J connectivity index is 2.43. The number of nitrogens with two attached hydrogens (primary N) is 1. The zero-order chi connectivity index (χ0) is 8.55. The van der Waals surface area contributed by atoms with E-state index in [-0.39, 0.29) is 0 Å². The van der Waals surface area contributed by atoms with Gasteiger partial charge in [0.05, 0.1) is 5.69 Å². The third-order valence-corrected chi connectivity index (χ3v) is 2.33. The molecule has 0 aromatic carbocycles. The Bertz CT molecular complexity index is 292. The molecule has 0 atom stereocenters. The van der Waals surface area contributed by atoms with Crippen LogP contribution in [0, 0.1) is 0 Å². The van der Waals surface area contributed by atoms with E-state index in [1.807, 2.05) is 0 Å². The van der Waals surface area contributed by atoms with Gasteiger partial charge in [-0.2, -0.15) is 0 Å². The first-order valence-corrected chi connectivity index (χ1v) is 4.42. The van der Waals surface area contributed by atoms with E-state index in [2.05, 4.69) is 16.9 Å². The lowest BCUT2D eigenvalue weighted by atomic mass is 10.1. The van der Waals surface area contributed by atoms with Crippen molar-refractivity contribution in [3.8, 4) is 0 Å². The van der Waals surface area contributed by atoms with Crippen molar-refractivity contribution >= 4 is 5.82 Å². The molecule has 64 valence electrons. The quantitative estimate of drug-likeness (QED) is 0.718. The fraction of sp³-hybridized carbons (Fsp3) is 0.556. The standard InChI is InChI=1S/C9H13N3/c1-2-7-8(6-3-4-6)11-5-12-9(7)10/h5-6H,2-4H2,1H3,(H2,10,11,12). The fourth-order valence-electron chi connectivity index (χ4n) is 1.51. The summed E-state index contributed by atoms with van der Waals surface area (Å²) in [4.78, 5) is 8.27. The maximum absolute atomic E-state index is 5.75. The van der Waals surface area contributed by atoms with Crippen molar-refractivity contribution in [3.63, 3.8) is 0 Å². The monoisotopic (exact) mass is 163 g/mol. The first kappa shape index (κ1) is 7.53. The fourth-order valence-corrected chi connectivity index (χ4v) is 1.51. The molecule has 0 aliphatic heterocycles. The molecule has 3 nitrogen and oxygen atoms in total. The lowest BCUT2D eigenvalue weighted by Gasteiger charge is -2.06. The minimum Gasteiger partial charge on any atom is -0.383 e. The van der Waals surface area contributed by atoms with E-state index in [1.165, 1.54) is 18.5 Å². The lowest BCUT2D eigenvalue weighted by molar-refractivity contribution is 0.927. The van der Waals surface area contributed by atoms with Crippen LogP contribution in [0.3, 0.4) is 0 Å². The van der Waals surface area contributed by atoms with Crippen LogP contribution >= 0.6 is 0 Å². The molecule has 0 amide bonds. The van der Waals surface area contributed by atoms with Gasteiger partial charge in [-0.05, 0) is 19.3 Å². The second-order valence-electron chi connectivity index (χ2n) is 3.25. The van der Waals surface area contributed by atoms with E-state index >= 15 is 0 Å². The molecule has 0 saturated heterocycles. The number of rotatable bonds is 2. The molecule has 0 radical (unpaired) electrons. The van der Waals surface area contributed by atoms with Crippen LogP contribution in [0.2, 0.25) is 0 Å². The van der Waals surface area contributed by atoms with E-state index in [0.717, 1.165) is 12.0 Å². The first-order chi connectivity index (χ1) is 5.83. The lowest BCUT2D eigenvalue weighted by Crippen LogP contribution is -2.03. The number of hydrogen-bond acceptors (Lipinski definition) is 3. The van der Waals surface area contributed by atoms with Crippen molar-refractivity contribution in [2.24, 2.45) is 0 Å². The van der Waals surface area contributed by atoms with E-state index < -0.39 is 0 Å². The summed E-state index contributed by atoms with van der Waals surface area (Å²) in [5.74, 6) is 1.33. The highest BCUT2D eigenvalue weighted by molar-refractivity contribution is 5.43. The van der Waals surface area contributed by atoms with Crippen LogP contribution in [-0.4, -0.2) is 9.97 Å². The van der Waals surface area contributed by atoms with E-state index in [4.69, 9.17) is 5.73 Å². The molecular formula is C9H13N3. The SMILES string of the molecule is CCc1c(N)ncnc1C1CC1. The van der Waals surface area contributed by atoms with Gasteiger partial charge in [0.1, 0.15) is 12.1 Å². The molecule has 1 fully saturated rings. The first-order valence-electron chi connectivity index (χ1n) is 4.42. The summed E-state index contributed by atoms with van der Waals surface area (Å²) in [5.41, 5.74) is 8.08. The smallest absolute Gasteiger partial charge is 0.130 e. The van der Waals surface area contributed by atoms with Crippen molar-refractivity contribution in [3.05, 3.63) is 17.6 Å². The summed E-state index contributed by atoms with van der Waals surface area (Å²) in [6, 6.07) is 0. The molecule has 0 spiro atoms. The number of aromatic nitrogens is 2. The predicted octanol–water partition coefficient (Wildman–Crippen LogP) is 1.50. The Labute approximate surface area is 72.0 Å². The number of nitrogens with zero attached hydrogens (tertiary/aromatic N) is 2. The van der Waals surface area contributed by atoms with Crippen molar-refractivity contribution in [2.45, 2.75) is 32.1 Å². The maximum atomic E-state index is 5.75. The predicted molar refractivity (Wildman–Crippen MR) is 47.8 cm³/mol. The van der Waals surface area contributed by atoms with Gasteiger partial charge in [0, 0.05) is 11.5 Å². The van der Waals surface area contributed by atoms with Crippen LogP contribution in [-0.2, 0) is 6.42 Å². The van der Waals surface area contributed by atoms with Crippen molar-refractivity contribution in [1.29, 1.82) is 0 Å². The largest absolute Gasteiger partial charge is 0.383 e. The van der Waals surface area contributed by atoms with Gasteiger partial charge in [0.2, 0.25) is 0 Å². The summed E-state index contributed by atoms with van der Waals surface area (Å²) in [6.45, 7) is 2.10. The van der Waals surface area contributed by atoms with Gasteiger partial charge in [-0.3, -0.25) is 0 Å². The Kier molecular flexibility index (Phi) is 1.71. The average Bonchev–Trinajstić information content (AvgIpc) is 2.86. The zero-order valence-corrected chi connectivity index (χ0v) is 7.25. The summed E-state index contributed by atoms with van der Waals surface area (Å²) in [7, 11) is 0. The molecule has 1 aliphatic carbocycles. The van der Waals surface area contributed by atoms with E-state index in [9.17, 15) is 0 Å². The molecule has 1 heterocycles. The Morgan fingerprint density at radius 3 is 2.83 bits per heavy atom. The molecule has 3 heteroatoms. The summed E-state index contributed by atoms with van der Waals surface area (Å²) in [5, 5.41) is 0. The molecule has 1 saturated carbocycles. The highest BCUT2D eigenvalue weighted by Gasteiger charge is 2.27. The molecule has 12 heavy (non-hydrogen) atoms. The van der Waals surface area contributed by atoms with Crippen molar-refractivity contribution in [2.75, 3.05) is 5.73 Å². The number of hydrogen-bond donors (Lipinski definition) is 1. The van der Waals surface area contributed by atoms with E-state index in [1.54, 1.807) is 6.33 Å². The third-order valence-electron chi connectivity index (χ3n) is 2.33. The van der Waals surface area contributed by atoms with Crippen LogP contribution in [0.15, 0.2) is 6.33 Å². The molecule has 1 aromatic heterocycles. The minimum atomic E-state index is 0.661. The summed E-state index contributed by atoms with van der Waals surface area (Å²) >= 11 is 0. The molecule has 0 bridgehead atoms. The van der Waals surface area contributed by atoms with Crippen molar-refractivity contribution in [1.82, 2.24) is 9.97 Å². The van der Waals surface area contributed by atoms with Gasteiger partial charge in [0.15, 0.2) is 0 Å². The molecule has 1 aliphatic rings. The maximum Gasteiger partial charge on any atom is 0.130 e. The van der Waals surface area contributed by atoms with Gasteiger partial charge in [-0.15, -0.1) is 0 Å². The second-order valence-corrected chi connectivity index (χ2v) is 3.25. The van der Waals surface area contributed by atoms with Gasteiger partial charge in [-0.25, -0.2) is 9.97 Å². The average molecular weight is 163 g/mol.